The van der Waals surface area contributed by atoms with Gasteiger partial charge in [-0.2, -0.15) is 0 Å². The monoisotopic (exact) mass is 250 g/mol. The van der Waals surface area contributed by atoms with Gasteiger partial charge >= 0.3 is 0 Å². The van der Waals surface area contributed by atoms with Crippen LogP contribution in [0, 0.1) is 5.92 Å². The summed E-state index contributed by atoms with van der Waals surface area (Å²) >= 11 is 0. The van der Waals surface area contributed by atoms with Crippen LogP contribution in [0.5, 0.6) is 0 Å². The van der Waals surface area contributed by atoms with Crippen LogP contribution in [0.25, 0.3) is 0 Å². The second kappa shape index (κ2) is 6.76. The molecule has 0 fully saturated rings. The molecular weight excluding hydrogens is 232 g/mol. The summed E-state index contributed by atoms with van der Waals surface area (Å²) in [6.07, 6.45) is 0.631. The largest absolute Gasteiger partial charge is 0.326 e. The first-order chi connectivity index (χ1) is 8.54. The van der Waals surface area contributed by atoms with E-state index in [0.29, 0.717) is 12.1 Å². The number of amides is 2. The molecule has 0 aliphatic rings. The molecule has 0 saturated carbocycles. The lowest BCUT2D eigenvalue weighted by Crippen LogP contribution is -2.20. The quantitative estimate of drug-likeness (QED) is 0.550. The average molecular weight is 250 g/mol. The van der Waals surface area contributed by atoms with Crippen LogP contribution < -0.4 is 10.8 Å². The predicted molar refractivity (Wildman–Crippen MR) is 68.2 cm³/mol. The lowest BCUT2D eigenvalue weighted by molar-refractivity contribution is -0.129. The summed E-state index contributed by atoms with van der Waals surface area (Å²) in [5.74, 6) is -0.604. The van der Waals surface area contributed by atoms with E-state index in [2.05, 4.69) is 5.32 Å². The van der Waals surface area contributed by atoms with Crippen LogP contribution in [0.2, 0.25) is 0 Å². The normalized spacial score (nSPS) is 10.2. The van der Waals surface area contributed by atoms with Gasteiger partial charge in [0.05, 0.1) is 0 Å². The van der Waals surface area contributed by atoms with E-state index < -0.39 is 5.91 Å². The van der Waals surface area contributed by atoms with Crippen LogP contribution >= 0.6 is 0 Å². The fourth-order valence-electron chi connectivity index (χ4n) is 1.44. The number of benzene rings is 1. The molecule has 5 heteroatoms. The zero-order valence-electron chi connectivity index (χ0n) is 10.6. The topological polar surface area (TPSA) is 78.4 Å². The molecule has 98 valence electrons. The van der Waals surface area contributed by atoms with Crippen molar-refractivity contribution in [2.75, 3.05) is 5.32 Å². The Hall–Kier alpha value is -1.88. The first-order valence-corrected chi connectivity index (χ1v) is 5.86. The number of hydrogen-bond donors (Lipinski definition) is 3. The highest BCUT2D eigenvalue weighted by Crippen LogP contribution is 2.17. The maximum absolute atomic E-state index is 11.6. The molecule has 0 aliphatic heterocycles. The first kappa shape index (κ1) is 14.2. The maximum atomic E-state index is 11.6. The summed E-state index contributed by atoms with van der Waals surface area (Å²) in [5.41, 5.74) is 3.17. The zero-order chi connectivity index (χ0) is 13.5. The Morgan fingerprint density at radius 1 is 1.28 bits per heavy atom. The van der Waals surface area contributed by atoms with Gasteiger partial charge in [0, 0.05) is 18.0 Å². The molecule has 1 aromatic carbocycles. The molecule has 18 heavy (non-hydrogen) atoms. The van der Waals surface area contributed by atoms with Crippen LogP contribution in [-0.4, -0.2) is 17.0 Å². The standard InChI is InChI=1S/C13H18N2O3/c1-9(2)13(17)14-11-6-4-3-5-10(11)7-8-12(16)15-18/h3-6,9,18H,7-8H2,1-2H3,(H,14,17)(H,15,16). The molecule has 0 spiro atoms. The van der Waals surface area contributed by atoms with Gasteiger partial charge in [0.1, 0.15) is 0 Å². The lowest BCUT2D eigenvalue weighted by Gasteiger charge is -2.12. The average Bonchev–Trinajstić information content (AvgIpc) is 2.37. The molecule has 0 aromatic heterocycles. The minimum absolute atomic E-state index is 0.0611. The Labute approximate surface area is 106 Å². The minimum Gasteiger partial charge on any atom is -0.326 e. The molecule has 0 bridgehead atoms. The summed E-state index contributed by atoms with van der Waals surface area (Å²) in [4.78, 5) is 22.6. The summed E-state index contributed by atoms with van der Waals surface area (Å²) in [6.45, 7) is 3.63. The zero-order valence-corrected chi connectivity index (χ0v) is 10.6. The molecule has 5 nitrogen and oxygen atoms in total. The third-order valence-electron chi connectivity index (χ3n) is 2.55. The molecule has 3 N–H and O–H groups in total. The number of nitrogens with one attached hydrogen (secondary N) is 2. The highest BCUT2D eigenvalue weighted by atomic mass is 16.5. The van der Waals surface area contributed by atoms with Crippen LogP contribution in [0.1, 0.15) is 25.8 Å². The number of rotatable bonds is 5. The van der Waals surface area contributed by atoms with E-state index in [0.717, 1.165) is 5.56 Å². The van der Waals surface area contributed by atoms with E-state index in [9.17, 15) is 9.59 Å². The van der Waals surface area contributed by atoms with Gasteiger partial charge in [-0.3, -0.25) is 14.8 Å². The fourth-order valence-corrected chi connectivity index (χ4v) is 1.44. The summed E-state index contributed by atoms with van der Waals surface area (Å²) < 4.78 is 0. The Bertz CT molecular complexity index is 430. The van der Waals surface area contributed by atoms with Crippen LogP contribution in [0.3, 0.4) is 0 Å². The van der Waals surface area contributed by atoms with Gasteiger partial charge in [-0.25, -0.2) is 5.48 Å². The first-order valence-electron chi connectivity index (χ1n) is 5.86. The van der Waals surface area contributed by atoms with Gasteiger partial charge in [-0.05, 0) is 18.1 Å². The Balaban J connectivity index is 2.73. The van der Waals surface area contributed by atoms with Crippen LogP contribution in [0.15, 0.2) is 24.3 Å². The Morgan fingerprint density at radius 2 is 1.94 bits per heavy atom. The smallest absolute Gasteiger partial charge is 0.243 e. The minimum atomic E-state index is -0.444. The number of carbonyl (C=O) groups is 2. The maximum Gasteiger partial charge on any atom is 0.243 e. The van der Waals surface area contributed by atoms with E-state index in [1.807, 2.05) is 32.0 Å². The van der Waals surface area contributed by atoms with Gasteiger partial charge in [-0.15, -0.1) is 0 Å². The van der Waals surface area contributed by atoms with Crippen LogP contribution in [-0.2, 0) is 16.0 Å². The lowest BCUT2D eigenvalue weighted by atomic mass is 10.1. The molecular formula is C13H18N2O3. The van der Waals surface area contributed by atoms with Crippen LogP contribution in [0.4, 0.5) is 5.69 Å². The van der Waals surface area contributed by atoms with Crippen molar-refractivity contribution in [1.82, 2.24) is 5.48 Å². The number of carbonyl (C=O) groups excluding carboxylic acids is 2. The van der Waals surface area contributed by atoms with Gasteiger partial charge < -0.3 is 5.32 Å². The van der Waals surface area contributed by atoms with Crippen molar-refractivity contribution in [3.05, 3.63) is 29.8 Å². The van der Waals surface area contributed by atoms with Gasteiger partial charge in [0.25, 0.3) is 0 Å². The van der Waals surface area contributed by atoms with Gasteiger partial charge in [0.15, 0.2) is 0 Å². The molecule has 0 aliphatic carbocycles. The summed E-state index contributed by atoms with van der Waals surface area (Å²) in [6, 6.07) is 7.32. The number of hydrogen-bond acceptors (Lipinski definition) is 3. The number of para-hydroxylation sites is 1. The number of aryl methyl sites for hydroxylation is 1. The highest BCUT2D eigenvalue weighted by molar-refractivity contribution is 5.92. The SMILES string of the molecule is CC(C)C(=O)Nc1ccccc1CCC(=O)NO. The third-order valence-corrected chi connectivity index (χ3v) is 2.55. The second-order valence-electron chi connectivity index (χ2n) is 4.34. The number of hydroxylamine groups is 1. The molecule has 0 radical (unpaired) electrons. The van der Waals surface area contributed by atoms with Crippen molar-refractivity contribution in [1.29, 1.82) is 0 Å². The van der Waals surface area contributed by atoms with E-state index in [-0.39, 0.29) is 18.2 Å². The molecule has 1 aromatic rings. The van der Waals surface area contributed by atoms with Crippen molar-refractivity contribution in [2.24, 2.45) is 5.92 Å². The van der Waals surface area contributed by atoms with Crippen molar-refractivity contribution in [2.45, 2.75) is 26.7 Å². The Morgan fingerprint density at radius 3 is 2.56 bits per heavy atom. The molecule has 1 rings (SSSR count). The third kappa shape index (κ3) is 4.18. The number of anilines is 1. The van der Waals surface area contributed by atoms with E-state index >= 15 is 0 Å². The van der Waals surface area contributed by atoms with Crippen molar-refractivity contribution in [3.8, 4) is 0 Å². The molecule has 0 saturated heterocycles. The fraction of sp³-hybridized carbons (Fsp3) is 0.385. The van der Waals surface area contributed by atoms with Crippen molar-refractivity contribution >= 4 is 17.5 Å². The van der Waals surface area contributed by atoms with Crippen molar-refractivity contribution < 1.29 is 14.8 Å². The van der Waals surface area contributed by atoms with E-state index in [1.165, 1.54) is 0 Å². The molecule has 0 unspecified atom stereocenters. The molecule has 2 amide bonds. The van der Waals surface area contributed by atoms with E-state index in [1.54, 1.807) is 11.5 Å². The van der Waals surface area contributed by atoms with Gasteiger partial charge in [0.2, 0.25) is 11.8 Å². The predicted octanol–water partition coefficient (Wildman–Crippen LogP) is 1.72. The molecule has 0 heterocycles. The van der Waals surface area contributed by atoms with E-state index in [4.69, 9.17) is 5.21 Å². The van der Waals surface area contributed by atoms with Gasteiger partial charge in [-0.1, -0.05) is 32.0 Å². The highest BCUT2D eigenvalue weighted by Gasteiger charge is 2.10. The molecule has 0 atom stereocenters. The summed E-state index contributed by atoms with van der Waals surface area (Å²) in [5, 5.41) is 11.2. The second-order valence-corrected chi connectivity index (χ2v) is 4.34. The van der Waals surface area contributed by atoms with Crippen molar-refractivity contribution in [3.63, 3.8) is 0 Å². The Kier molecular flexibility index (Phi) is 5.32. The summed E-state index contributed by atoms with van der Waals surface area (Å²) in [7, 11) is 0.